The molecule has 2 unspecified atom stereocenters. The van der Waals surface area contributed by atoms with Gasteiger partial charge in [0, 0.05) is 16.6 Å². The molecular formula is C13H20BrN. The second-order valence-corrected chi connectivity index (χ2v) is 4.91. The van der Waals surface area contributed by atoms with Crippen LogP contribution in [0.1, 0.15) is 45.2 Å². The van der Waals surface area contributed by atoms with E-state index in [9.17, 15) is 0 Å². The molecule has 15 heavy (non-hydrogen) atoms. The Balaban J connectivity index is 2.73. The van der Waals surface area contributed by atoms with Crippen molar-refractivity contribution in [1.29, 1.82) is 0 Å². The highest BCUT2D eigenvalue weighted by Crippen LogP contribution is 2.21. The molecular weight excluding hydrogens is 250 g/mol. The first-order chi connectivity index (χ1) is 7.17. The van der Waals surface area contributed by atoms with Crippen LogP contribution in [0.4, 0.5) is 0 Å². The molecule has 0 saturated carbocycles. The van der Waals surface area contributed by atoms with Gasteiger partial charge in [0.05, 0.1) is 0 Å². The van der Waals surface area contributed by atoms with E-state index in [2.05, 4.69) is 66.3 Å². The number of benzene rings is 1. The van der Waals surface area contributed by atoms with E-state index in [0.717, 1.165) is 10.9 Å². The molecule has 84 valence electrons. The van der Waals surface area contributed by atoms with Crippen LogP contribution in [-0.2, 0) is 0 Å². The molecule has 2 atom stereocenters. The van der Waals surface area contributed by atoms with E-state index < -0.39 is 0 Å². The van der Waals surface area contributed by atoms with E-state index in [1.807, 2.05) is 0 Å². The first-order valence-corrected chi connectivity index (χ1v) is 6.48. The number of rotatable bonds is 5. The summed E-state index contributed by atoms with van der Waals surface area (Å²) in [5, 5.41) is 3.64. The van der Waals surface area contributed by atoms with Crippen LogP contribution in [0.2, 0.25) is 0 Å². The molecule has 0 aliphatic carbocycles. The minimum atomic E-state index is 0.470. The number of halogens is 1. The number of hydrogen-bond acceptors (Lipinski definition) is 1. The van der Waals surface area contributed by atoms with Gasteiger partial charge in [-0.15, -0.1) is 0 Å². The van der Waals surface area contributed by atoms with Crippen LogP contribution in [0.5, 0.6) is 0 Å². The molecule has 0 amide bonds. The Morgan fingerprint density at radius 3 is 2.53 bits per heavy atom. The van der Waals surface area contributed by atoms with Crippen molar-refractivity contribution in [1.82, 2.24) is 5.32 Å². The molecule has 0 saturated heterocycles. The molecule has 2 heteroatoms. The van der Waals surface area contributed by atoms with Crippen LogP contribution >= 0.6 is 15.9 Å². The van der Waals surface area contributed by atoms with Gasteiger partial charge in [0.25, 0.3) is 0 Å². The highest BCUT2D eigenvalue weighted by Gasteiger charge is 2.11. The highest BCUT2D eigenvalue weighted by atomic mass is 79.9. The fraction of sp³-hybridized carbons (Fsp3) is 0.538. The standard InChI is InChI=1S/C13H20BrN/c1-4-10(3)15-13(5-2)11-7-6-8-12(14)9-11/h6-10,13,15H,4-5H2,1-3H3. The number of nitrogens with one attached hydrogen (secondary N) is 1. The molecule has 0 spiro atoms. The van der Waals surface area contributed by atoms with E-state index >= 15 is 0 Å². The second-order valence-electron chi connectivity index (χ2n) is 3.99. The van der Waals surface area contributed by atoms with Crippen LogP contribution in [0, 0.1) is 0 Å². The van der Waals surface area contributed by atoms with Gasteiger partial charge in [-0.2, -0.15) is 0 Å². The van der Waals surface area contributed by atoms with Gasteiger partial charge < -0.3 is 5.32 Å². The van der Waals surface area contributed by atoms with Gasteiger partial charge in [-0.1, -0.05) is 41.9 Å². The monoisotopic (exact) mass is 269 g/mol. The molecule has 1 aromatic carbocycles. The van der Waals surface area contributed by atoms with E-state index in [1.165, 1.54) is 12.0 Å². The average molecular weight is 270 g/mol. The Labute approximate surface area is 101 Å². The van der Waals surface area contributed by atoms with Crippen molar-refractivity contribution in [2.45, 2.75) is 45.7 Å². The quantitative estimate of drug-likeness (QED) is 0.841. The van der Waals surface area contributed by atoms with E-state index in [4.69, 9.17) is 0 Å². The van der Waals surface area contributed by atoms with Crippen LogP contribution in [0.3, 0.4) is 0 Å². The second kappa shape index (κ2) is 6.29. The lowest BCUT2D eigenvalue weighted by atomic mass is 10.0. The van der Waals surface area contributed by atoms with Crippen LogP contribution in [0.15, 0.2) is 28.7 Å². The van der Waals surface area contributed by atoms with Gasteiger partial charge in [-0.25, -0.2) is 0 Å². The van der Waals surface area contributed by atoms with Gasteiger partial charge in [0.1, 0.15) is 0 Å². The summed E-state index contributed by atoms with van der Waals surface area (Å²) in [6, 6.07) is 9.60. The van der Waals surface area contributed by atoms with Crippen molar-refractivity contribution >= 4 is 15.9 Å². The van der Waals surface area contributed by atoms with E-state index in [1.54, 1.807) is 0 Å². The first-order valence-electron chi connectivity index (χ1n) is 5.68. The predicted octanol–water partition coefficient (Wildman–Crippen LogP) is 4.29. The Morgan fingerprint density at radius 2 is 2.00 bits per heavy atom. The van der Waals surface area contributed by atoms with Crippen molar-refractivity contribution in [2.24, 2.45) is 0 Å². The third kappa shape index (κ3) is 3.96. The average Bonchev–Trinajstić information content (AvgIpc) is 2.25. The minimum absolute atomic E-state index is 0.470. The zero-order chi connectivity index (χ0) is 11.3. The highest BCUT2D eigenvalue weighted by molar-refractivity contribution is 9.10. The summed E-state index contributed by atoms with van der Waals surface area (Å²) < 4.78 is 1.16. The van der Waals surface area contributed by atoms with E-state index in [-0.39, 0.29) is 0 Å². The maximum atomic E-state index is 3.64. The third-order valence-electron chi connectivity index (χ3n) is 2.76. The smallest absolute Gasteiger partial charge is 0.0320 e. The summed E-state index contributed by atoms with van der Waals surface area (Å²) in [5.74, 6) is 0. The van der Waals surface area contributed by atoms with Crippen LogP contribution < -0.4 is 5.32 Å². The summed E-state index contributed by atoms with van der Waals surface area (Å²) >= 11 is 3.52. The normalized spacial score (nSPS) is 14.9. The Kier molecular flexibility index (Phi) is 5.34. The summed E-state index contributed by atoms with van der Waals surface area (Å²) in [7, 11) is 0. The molecule has 0 aliphatic rings. The Hall–Kier alpha value is -0.340. The topological polar surface area (TPSA) is 12.0 Å². The summed E-state index contributed by atoms with van der Waals surface area (Å²) in [6.45, 7) is 6.67. The molecule has 1 nitrogen and oxygen atoms in total. The van der Waals surface area contributed by atoms with Gasteiger partial charge in [0.2, 0.25) is 0 Å². The maximum absolute atomic E-state index is 3.64. The van der Waals surface area contributed by atoms with Crippen molar-refractivity contribution in [3.05, 3.63) is 34.3 Å². The largest absolute Gasteiger partial charge is 0.307 e. The maximum Gasteiger partial charge on any atom is 0.0320 e. The summed E-state index contributed by atoms with van der Waals surface area (Å²) in [5.41, 5.74) is 1.37. The molecule has 0 aromatic heterocycles. The number of hydrogen-bond donors (Lipinski definition) is 1. The van der Waals surface area contributed by atoms with Gasteiger partial charge in [0.15, 0.2) is 0 Å². The van der Waals surface area contributed by atoms with Gasteiger partial charge in [-0.3, -0.25) is 0 Å². The van der Waals surface area contributed by atoms with Crippen molar-refractivity contribution in [3.63, 3.8) is 0 Å². The molecule has 0 bridgehead atoms. The summed E-state index contributed by atoms with van der Waals surface area (Å²) in [4.78, 5) is 0. The molecule has 1 N–H and O–H groups in total. The van der Waals surface area contributed by atoms with Gasteiger partial charge in [-0.05, 0) is 37.5 Å². The van der Waals surface area contributed by atoms with Crippen LogP contribution in [-0.4, -0.2) is 6.04 Å². The Morgan fingerprint density at radius 1 is 1.27 bits per heavy atom. The first kappa shape index (κ1) is 12.7. The van der Waals surface area contributed by atoms with Crippen molar-refractivity contribution in [3.8, 4) is 0 Å². The lowest BCUT2D eigenvalue weighted by Crippen LogP contribution is -2.29. The van der Waals surface area contributed by atoms with E-state index in [0.29, 0.717) is 12.1 Å². The fourth-order valence-electron chi connectivity index (χ4n) is 1.63. The summed E-state index contributed by atoms with van der Waals surface area (Å²) in [6.07, 6.45) is 2.30. The van der Waals surface area contributed by atoms with Crippen LogP contribution in [0.25, 0.3) is 0 Å². The van der Waals surface area contributed by atoms with Crippen molar-refractivity contribution < 1.29 is 0 Å². The Bertz CT molecular complexity index is 298. The third-order valence-corrected chi connectivity index (χ3v) is 3.25. The zero-order valence-electron chi connectivity index (χ0n) is 9.76. The lowest BCUT2D eigenvalue weighted by Gasteiger charge is -2.22. The lowest BCUT2D eigenvalue weighted by molar-refractivity contribution is 0.437. The predicted molar refractivity (Wildman–Crippen MR) is 70.1 cm³/mol. The molecule has 0 aliphatic heterocycles. The van der Waals surface area contributed by atoms with Crippen molar-refractivity contribution in [2.75, 3.05) is 0 Å². The SMILES string of the molecule is CCC(C)NC(CC)c1cccc(Br)c1. The molecule has 0 radical (unpaired) electrons. The fourth-order valence-corrected chi connectivity index (χ4v) is 2.05. The molecule has 1 rings (SSSR count). The minimum Gasteiger partial charge on any atom is -0.307 e. The van der Waals surface area contributed by atoms with Gasteiger partial charge >= 0.3 is 0 Å². The molecule has 0 heterocycles. The molecule has 1 aromatic rings. The zero-order valence-corrected chi connectivity index (χ0v) is 11.3. The molecule has 0 fully saturated rings.